The highest BCUT2D eigenvalue weighted by Crippen LogP contribution is 2.52. The van der Waals surface area contributed by atoms with E-state index in [2.05, 4.69) is 12.2 Å². The van der Waals surface area contributed by atoms with Gasteiger partial charge < -0.3 is 34.5 Å². The Morgan fingerprint density at radius 3 is 2.28 bits per heavy atom. The van der Waals surface area contributed by atoms with Crippen molar-refractivity contribution in [2.75, 3.05) is 26.3 Å². The third kappa shape index (κ3) is 3.21. The Bertz CT molecular complexity index is 1180. The standard InChI is InChI=1S/C25H25NO6/c1-13-24(14-4-6-18(27)21(9-14)30-3)16-10-22-23(32-12-31-22)11-17(16)26-25(13)15-5-7-20(29-2)19(28)8-15/h4-11,13,24-28H,12H2,1-3H3/t13-,24+,25-/m1/s1. The lowest BCUT2D eigenvalue weighted by Crippen LogP contribution is -2.30. The molecule has 0 radical (unpaired) electrons. The van der Waals surface area contributed by atoms with E-state index in [1.54, 1.807) is 25.3 Å². The maximum Gasteiger partial charge on any atom is 0.231 e. The molecule has 0 saturated heterocycles. The van der Waals surface area contributed by atoms with E-state index in [1.807, 2.05) is 30.3 Å². The molecular formula is C25H25NO6. The average Bonchev–Trinajstić information content (AvgIpc) is 3.25. The maximum absolute atomic E-state index is 10.4. The molecule has 0 bridgehead atoms. The van der Waals surface area contributed by atoms with Crippen molar-refractivity contribution in [1.29, 1.82) is 0 Å². The van der Waals surface area contributed by atoms with E-state index >= 15 is 0 Å². The number of hydrogen-bond acceptors (Lipinski definition) is 7. The number of rotatable bonds is 4. The molecule has 2 aliphatic rings. The summed E-state index contributed by atoms with van der Waals surface area (Å²) in [4.78, 5) is 0. The number of hydrogen-bond donors (Lipinski definition) is 3. The van der Waals surface area contributed by atoms with Gasteiger partial charge in [-0.15, -0.1) is 0 Å². The number of benzene rings is 3. The lowest BCUT2D eigenvalue weighted by molar-refractivity contribution is 0.174. The van der Waals surface area contributed by atoms with Crippen LogP contribution in [0.4, 0.5) is 5.69 Å². The SMILES string of the molecule is COc1ccc([C@@H]2Nc3cc4c(cc3[C@H](c3ccc(O)c(OC)c3)[C@H]2C)OCO4)cc1O. The van der Waals surface area contributed by atoms with Gasteiger partial charge in [0.2, 0.25) is 6.79 Å². The van der Waals surface area contributed by atoms with Crippen LogP contribution in [0.3, 0.4) is 0 Å². The lowest BCUT2D eigenvalue weighted by Gasteiger charge is -2.40. The molecule has 166 valence electrons. The van der Waals surface area contributed by atoms with Crippen LogP contribution in [0.25, 0.3) is 0 Å². The van der Waals surface area contributed by atoms with Crippen molar-refractivity contribution < 1.29 is 29.2 Å². The first kappa shape index (κ1) is 20.2. The Hall–Kier alpha value is -3.74. The summed E-state index contributed by atoms with van der Waals surface area (Å²) in [5, 5.41) is 24.1. The summed E-state index contributed by atoms with van der Waals surface area (Å²) >= 11 is 0. The number of fused-ring (bicyclic) bond motifs is 2. The fourth-order valence-electron chi connectivity index (χ4n) is 4.77. The second-order valence-corrected chi connectivity index (χ2v) is 8.11. The smallest absolute Gasteiger partial charge is 0.231 e. The molecule has 0 aromatic heterocycles. The highest BCUT2D eigenvalue weighted by atomic mass is 16.7. The normalized spacial score (nSPS) is 20.9. The Labute approximate surface area is 186 Å². The predicted octanol–water partition coefficient (Wildman–Crippen LogP) is 4.78. The van der Waals surface area contributed by atoms with E-state index in [4.69, 9.17) is 18.9 Å². The molecule has 3 aromatic rings. The first-order valence-corrected chi connectivity index (χ1v) is 10.4. The highest BCUT2D eigenvalue weighted by molar-refractivity contribution is 5.67. The zero-order chi connectivity index (χ0) is 22.4. The first-order chi connectivity index (χ1) is 15.5. The van der Waals surface area contributed by atoms with Crippen LogP contribution in [0.5, 0.6) is 34.5 Å². The lowest BCUT2D eigenvalue weighted by atomic mass is 9.73. The Morgan fingerprint density at radius 1 is 0.844 bits per heavy atom. The zero-order valence-corrected chi connectivity index (χ0v) is 18.1. The van der Waals surface area contributed by atoms with Crippen molar-refractivity contribution in [3.8, 4) is 34.5 Å². The number of phenols is 2. The number of aromatic hydroxyl groups is 2. The average molecular weight is 435 g/mol. The summed E-state index contributed by atoms with van der Waals surface area (Å²) in [7, 11) is 3.07. The Morgan fingerprint density at radius 2 is 1.56 bits per heavy atom. The zero-order valence-electron chi connectivity index (χ0n) is 18.1. The maximum atomic E-state index is 10.4. The van der Waals surface area contributed by atoms with Gasteiger partial charge in [0.1, 0.15) is 0 Å². The van der Waals surface area contributed by atoms with Crippen molar-refractivity contribution in [3.63, 3.8) is 0 Å². The molecular weight excluding hydrogens is 410 g/mol. The number of ether oxygens (including phenoxy) is 4. The molecule has 7 nitrogen and oxygen atoms in total. The van der Waals surface area contributed by atoms with Gasteiger partial charge in [0, 0.05) is 17.7 Å². The fourth-order valence-corrected chi connectivity index (χ4v) is 4.77. The molecule has 3 N–H and O–H groups in total. The van der Waals surface area contributed by atoms with Gasteiger partial charge in [-0.25, -0.2) is 0 Å². The highest BCUT2D eigenvalue weighted by Gasteiger charge is 2.37. The molecule has 5 rings (SSSR count). The molecule has 0 unspecified atom stereocenters. The second kappa shape index (κ2) is 7.75. The number of methoxy groups -OCH3 is 2. The Kier molecular flexibility index (Phi) is 4.89. The van der Waals surface area contributed by atoms with Gasteiger partial charge in [0.05, 0.1) is 20.3 Å². The van der Waals surface area contributed by atoms with Crippen LogP contribution in [0.2, 0.25) is 0 Å². The van der Waals surface area contributed by atoms with Crippen molar-refractivity contribution in [2.45, 2.75) is 18.9 Å². The van der Waals surface area contributed by atoms with Gasteiger partial charge in [0.25, 0.3) is 0 Å². The van der Waals surface area contributed by atoms with Gasteiger partial charge >= 0.3 is 0 Å². The minimum absolute atomic E-state index is 0.0236. The van der Waals surface area contributed by atoms with Crippen LogP contribution in [0.15, 0.2) is 48.5 Å². The number of phenolic OH excluding ortho intramolecular Hbond substituents is 2. The van der Waals surface area contributed by atoms with Crippen molar-refractivity contribution in [1.82, 2.24) is 0 Å². The van der Waals surface area contributed by atoms with Crippen LogP contribution >= 0.6 is 0 Å². The molecule has 0 saturated carbocycles. The number of anilines is 1. The van der Waals surface area contributed by atoms with E-state index in [9.17, 15) is 10.2 Å². The van der Waals surface area contributed by atoms with E-state index in [1.165, 1.54) is 7.11 Å². The quantitative estimate of drug-likeness (QED) is 0.543. The largest absolute Gasteiger partial charge is 0.504 e. The summed E-state index contributed by atoms with van der Waals surface area (Å²) in [5.41, 5.74) is 3.96. The molecule has 2 aliphatic heterocycles. The fraction of sp³-hybridized carbons (Fsp3) is 0.280. The molecule has 0 fully saturated rings. The minimum atomic E-state index is -0.0931. The van der Waals surface area contributed by atoms with Crippen LogP contribution in [0, 0.1) is 5.92 Å². The van der Waals surface area contributed by atoms with E-state index in [0.29, 0.717) is 23.0 Å². The summed E-state index contributed by atoms with van der Waals surface area (Å²) < 4.78 is 21.8. The third-order valence-electron chi connectivity index (χ3n) is 6.37. The molecule has 2 heterocycles. The summed E-state index contributed by atoms with van der Waals surface area (Å²) in [6.45, 7) is 2.36. The molecule has 7 heteroatoms. The van der Waals surface area contributed by atoms with Crippen LogP contribution in [0.1, 0.15) is 35.6 Å². The summed E-state index contributed by atoms with van der Waals surface area (Å²) in [5.74, 6) is 2.53. The van der Waals surface area contributed by atoms with E-state index < -0.39 is 0 Å². The molecule has 0 amide bonds. The summed E-state index contributed by atoms with van der Waals surface area (Å²) in [6.07, 6.45) is 0. The monoisotopic (exact) mass is 435 g/mol. The summed E-state index contributed by atoms with van der Waals surface area (Å²) in [6, 6.07) is 14.8. The van der Waals surface area contributed by atoms with E-state index in [0.717, 1.165) is 22.4 Å². The third-order valence-corrected chi connectivity index (χ3v) is 6.37. The Balaban J connectivity index is 1.65. The van der Waals surface area contributed by atoms with Crippen LogP contribution < -0.4 is 24.3 Å². The molecule has 3 aromatic carbocycles. The predicted molar refractivity (Wildman–Crippen MR) is 119 cm³/mol. The topological polar surface area (TPSA) is 89.4 Å². The van der Waals surface area contributed by atoms with Crippen molar-refractivity contribution in [3.05, 3.63) is 65.2 Å². The molecule has 0 aliphatic carbocycles. The van der Waals surface area contributed by atoms with Gasteiger partial charge in [-0.3, -0.25) is 0 Å². The van der Waals surface area contributed by atoms with Crippen molar-refractivity contribution in [2.24, 2.45) is 5.92 Å². The first-order valence-electron chi connectivity index (χ1n) is 10.4. The van der Waals surface area contributed by atoms with Gasteiger partial charge in [0.15, 0.2) is 34.5 Å². The van der Waals surface area contributed by atoms with E-state index in [-0.39, 0.29) is 36.2 Å². The van der Waals surface area contributed by atoms with Gasteiger partial charge in [-0.05, 0) is 52.9 Å². The second-order valence-electron chi connectivity index (χ2n) is 8.11. The van der Waals surface area contributed by atoms with Gasteiger partial charge in [-0.2, -0.15) is 0 Å². The van der Waals surface area contributed by atoms with Crippen LogP contribution in [-0.4, -0.2) is 31.2 Å². The molecule has 32 heavy (non-hydrogen) atoms. The number of nitrogens with one attached hydrogen (secondary N) is 1. The molecule has 0 spiro atoms. The van der Waals surface area contributed by atoms with Gasteiger partial charge in [-0.1, -0.05) is 19.1 Å². The minimum Gasteiger partial charge on any atom is -0.504 e. The molecule has 3 atom stereocenters. The van der Waals surface area contributed by atoms with Crippen molar-refractivity contribution >= 4 is 5.69 Å². The van der Waals surface area contributed by atoms with Crippen LogP contribution in [-0.2, 0) is 0 Å².